The molecule has 1 rings (SSSR count). The highest BCUT2D eigenvalue weighted by atomic mass is 16.6. The SMILES string of the molecule is CC(CCCNc1ccncc1[N+](=O)[O-])C(=O)O. The van der Waals surface area contributed by atoms with E-state index in [2.05, 4.69) is 10.3 Å². The maximum atomic E-state index is 10.7. The average molecular weight is 253 g/mol. The van der Waals surface area contributed by atoms with Crippen molar-refractivity contribution in [3.63, 3.8) is 0 Å². The number of carbonyl (C=O) groups is 1. The van der Waals surface area contributed by atoms with Gasteiger partial charge < -0.3 is 10.4 Å². The predicted molar refractivity (Wildman–Crippen MR) is 65.4 cm³/mol. The van der Waals surface area contributed by atoms with E-state index in [9.17, 15) is 14.9 Å². The van der Waals surface area contributed by atoms with Gasteiger partial charge in [-0.15, -0.1) is 0 Å². The van der Waals surface area contributed by atoms with Crippen molar-refractivity contribution in [2.24, 2.45) is 5.92 Å². The van der Waals surface area contributed by atoms with Gasteiger partial charge in [0.05, 0.1) is 10.8 Å². The average Bonchev–Trinajstić information content (AvgIpc) is 2.34. The number of rotatable bonds is 7. The molecule has 0 aromatic carbocycles. The summed E-state index contributed by atoms with van der Waals surface area (Å²) in [6.07, 6.45) is 3.81. The van der Waals surface area contributed by atoms with Gasteiger partial charge in [0.15, 0.2) is 0 Å². The number of hydrogen-bond donors (Lipinski definition) is 2. The molecule has 1 atom stereocenters. The molecule has 0 radical (unpaired) electrons. The first-order valence-corrected chi connectivity index (χ1v) is 5.57. The Bertz CT molecular complexity index is 436. The van der Waals surface area contributed by atoms with E-state index in [4.69, 9.17) is 5.11 Å². The molecule has 0 amide bonds. The fraction of sp³-hybridized carbons (Fsp3) is 0.455. The third kappa shape index (κ3) is 4.00. The zero-order valence-corrected chi connectivity index (χ0v) is 10.00. The van der Waals surface area contributed by atoms with E-state index in [1.165, 1.54) is 18.5 Å². The summed E-state index contributed by atoms with van der Waals surface area (Å²) in [5.74, 6) is -1.23. The normalized spacial score (nSPS) is 11.8. The number of hydrogen-bond acceptors (Lipinski definition) is 5. The largest absolute Gasteiger partial charge is 0.481 e. The molecule has 2 N–H and O–H groups in total. The van der Waals surface area contributed by atoms with Crippen molar-refractivity contribution in [3.8, 4) is 0 Å². The zero-order valence-electron chi connectivity index (χ0n) is 10.00. The van der Waals surface area contributed by atoms with Gasteiger partial charge in [0.1, 0.15) is 11.9 Å². The number of nitro groups is 1. The molecule has 0 saturated heterocycles. The van der Waals surface area contributed by atoms with Crippen LogP contribution in [0.4, 0.5) is 11.4 Å². The maximum Gasteiger partial charge on any atom is 0.310 e. The van der Waals surface area contributed by atoms with Crippen LogP contribution in [0.5, 0.6) is 0 Å². The highest BCUT2D eigenvalue weighted by Gasteiger charge is 2.13. The Morgan fingerprint density at radius 2 is 2.39 bits per heavy atom. The van der Waals surface area contributed by atoms with E-state index in [-0.39, 0.29) is 5.69 Å². The van der Waals surface area contributed by atoms with Crippen molar-refractivity contribution in [3.05, 3.63) is 28.6 Å². The molecule has 98 valence electrons. The van der Waals surface area contributed by atoms with E-state index < -0.39 is 16.8 Å². The highest BCUT2D eigenvalue weighted by molar-refractivity contribution is 5.69. The third-order valence-corrected chi connectivity index (χ3v) is 2.55. The van der Waals surface area contributed by atoms with Crippen LogP contribution < -0.4 is 5.32 Å². The summed E-state index contributed by atoms with van der Waals surface area (Å²) in [4.78, 5) is 24.5. The molecule has 0 saturated carbocycles. The second-order valence-electron chi connectivity index (χ2n) is 3.96. The summed E-state index contributed by atoms with van der Waals surface area (Å²) in [5.41, 5.74) is 0.321. The third-order valence-electron chi connectivity index (χ3n) is 2.55. The molecule has 1 unspecified atom stereocenters. The standard InChI is InChI=1S/C11H15N3O4/c1-8(11(15)16)3-2-5-13-9-4-6-12-7-10(9)14(17)18/h4,6-8H,2-3,5H2,1H3,(H,12,13)(H,15,16). The van der Waals surface area contributed by atoms with Crippen molar-refractivity contribution in [2.45, 2.75) is 19.8 Å². The summed E-state index contributed by atoms with van der Waals surface area (Å²) in [6.45, 7) is 2.12. The first-order chi connectivity index (χ1) is 8.52. The number of aliphatic carboxylic acids is 1. The van der Waals surface area contributed by atoms with Crippen LogP contribution >= 0.6 is 0 Å². The smallest absolute Gasteiger partial charge is 0.310 e. The Morgan fingerprint density at radius 1 is 1.67 bits per heavy atom. The lowest BCUT2D eigenvalue weighted by molar-refractivity contribution is -0.384. The molecule has 7 heteroatoms. The van der Waals surface area contributed by atoms with Gasteiger partial charge in [-0.1, -0.05) is 6.92 Å². The van der Waals surface area contributed by atoms with Crippen molar-refractivity contribution >= 4 is 17.3 Å². The van der Waals surface area contributed by atoms with Gasteiger partial charge in [-0.05, 0) is 18.9 Å². The van der Waals surface area contributed by atoms with Crippen molar-refractivity contribution in [1.29, 1.82) is 0 Å². The molecule has 0 aliphatic rings. The van der Waals surface area contributed by atoms with Crippen LogP contribution in [0.1, 0.15) is 19.8 Å². The topological polar surface area (TPSA) is 105 Å². The maximum absolute atomic E-state index is 10.7. The van der Waals surface area contributed by atoms with Crippen molar-refractivity contribution < 1.29 is 14.8 Å². The molecular weight excluding hydrogens is 238 g/mol. The minimum Gasteiger partial charge on any atom is -0.481 e. The number of carboxylic acids is 1. The highest BCUT2D eigenvalue weighted by Crippen LogP contribution is 2.21. The van der Waals surface area contributed by atoms with E-state index in [1.807, 2.05) is 0 Å². The van der Waals surface area contributed by atoms with Crippen LogP contribution in [0.3, 0.4) is 0 Å². The van der Waals surface area contributed by atoms with Gasteiger partial charge in [0, 0.05) is 12.7 Å². The summed E-state index contributed by atoms with van der Waals surface area (Å²) < 4.78 is 0. The lowest BCUT2D eigenvalue weighted by Gasteiger charge is -2.08. The Morgan fingerprint density at radius 3 is 3.00 bits per heavy atom. The molecule has 7 nitrogen and oxygen atoms in total. The molecule has 0 aliphatic carbocycles. The Labute approximate surface area is 104 Å². The second-order valence-corrected chi connectivity index (χ2v) is 3.96. The van der Waals surface area contributed by atoms with Crippen LogP contribution in [0, 0.1) is 16.0 Å². The molecule has 0 spiro atoms. The molecule has 0 aliphatic heterocycles. The number of pyridine rings is 1. The molecule has 0 fully saturated rings. The van der Waals surface area contributed by atoms with Gasteiger partial charge >= 0.3 is 11.7 Å². The van der Waals surface area contributed by atoms with Gasteiger partial charge in [0.2, 0.25) is 0 Å². The van der Waals surface area contributed by atoms with Crippen LogP contribution in [-0.4, -0.2) is 27.5 Å². The Balaban J connectivity index is 2.45. The summed E-state index contributed by atoms with van der Waals surface area (Å²) in [6, 6.07) is 1.53. The molecule has 18 heavy (non-hydrogen) atoms. The molecule has 0 bridgehead atoms. The lowest BCUT2D eigenvalue weighted by Crippen LogP contribution is -2.12. The monoisotopic (exact) mass is 253 g/mol. The van der Waals surface area contributed by atoms with Crippen LogP contribution in [0.25, 0.3) is 0 Å². The number of anilines is 1. The van der Waals surface area contributed by atoms with E-state index in [0.717, 1.165) is 0 Å². The van der Waals surface area contributed by atoms with Gasteiger partial charge in [-0.25, -0.2) is 0 Å². The van der Waals surface area contributed by atoms with E-state index in [0.29, 0.717) is 25.1 Å². The summed E-state index contributed by atoms with van der Waals surface area (Å²) >= 11 is 0. The fourth-order valence-electron chi connectivity index (χ4n) is 1.44. The van der Waals surface area contributed by atoms with Gasteiger partial charge in [-0.2, -0.15) is 0 Å². The number of nitrogens with zero attached hydrogens (tertiary/aromatic N) is 2. The minimum atomic E-state index is -0.829. The first-order valence-electron chi connectivity index (χ1n) is 5.57. The Kier molecular flexibility index (Phi) is 5.04. The van der Waals surface area contributed by atoms with Gasteiger partial charge in [0.25, 0.3) is 0 Å². The van der Waals surface area contributed by atoms with E-state index >= 15 is 0 Å². The quantitative estimate of drug-likeness (QED) is 0.436. The molecule has 1 heterocycles. The Hall–Kier alpha value is -2.18. The van der Waals surface area contributed by atoms with Crippen LogP contribution in [0.2, 0.25) is 0 Å². The second kappa shape index (κ2) is 6.53. The van der Waals surface area contributed by atoms with Gasteiger partial charge in [-0.3, -0.25) is 19.9 Å². The fourth-order valence-corrected chi connectivity index (χ4v) is 1.44. The summed E-state index contributed by atoms with van der Waals surface area (Å²) in [7, 11) is 0. The van der Waals surface area contributed by atoms with Crippen molar-refractivity contribution in [2.75, 3.05) is 11.9 Å². The van der Waals surface area contributed by atoms with Crippen LogP contribution in [-0.2, 0) is 4.79 Å². The zero-order chi connectivity index (χ0) is 13.5. The lowest BCUT2D eigenvalue weighted by atomic mass is 10.1. The predicted octanol–water partition coefficient (Wildman–Crippen LogP) is 1.90. The number of nitrogens with one attached hydrogen (secondary N) is 1. The van der Waals surface area contributed by atoms with Crippen LogP contribution in [0.15, 0.2) is 18.5 Å². The van der Waals surface area contributed by atoms with Crippen molar-refractivity contribution in [1.82, 2.24) is 4.98 Å². The number of aromatic nitrogens is 1. The first kappa shape index (κ1) is 13.9. The molecular formula is C11H15N3O4. The number of carboxylic acid groups (broad SMARTS) is 1. The summed E-state index contributed by atoms with van der Waals surface area (Å²) in [5, 5.41) is 22.3. The van der Waals surface area contributed by atoms with E-state index in [1.54, 1.807) is 6.92 Å². The minimum absolute atomic E-state index is 0.0798. The molecule has 1 aromatic rings. The molecule has 1 aromatic heterocycles.